The van der Waals surface area contributed by atoms with E-state index in [1.54, 1.807) is 0 Å². The number of hydrogen-bond donors (Lipinski definition) is 0. The van der Waals surface area contributed by atoms with Gasteiger partial charge in [-0.1, -0.05) is 55.2 Å². The Hall–Kier alpha value is -2.50. The Morgan fingerprint density at radius 3 is 2.73 bits per heavy atom. The van der Waals surface area contributed by atoms with Crippen LogP contribution in [-0.2, 0) is 13.0 Å². The predicted molar refractivity (Wildman–Crippen MR) is 132 cm³/mol. The first kappa shape index (κ1) is 18.3. The maximum atomic E-state index is 5.04. The van der Waals surface area contributed by atoms with Crippen molar-refractivity contribution in [2.45, 2.75) is 45.4 Å². The van der Waals surface area contributed by atoms with Crippen molar-refractivity contribution in [1.82, 2.24) is 14.5 Å². The molecule has 2 aromatic carbocycles. The number of rotatable bonds is 2. The molecule has 1 aliphatic rings. The Morgan fingerprint density at radius 1 is 1.00 bits per heavy atom. The summed E-state index contributed by atoms with van der Waals surface area (Å²) in [7, 11) is -1.51. The van der Waals surface area contributed by atoms with E-state index in [1.165, 1.54) is 60.6 Å². The van der Waals surface area contributed by atoms with Gasteiger partial charge in [0.2, 0.25) is 0 Å². The molecule has 5 aromatic rings. The van der Waals surface area contributed by atoms with Crippen LogP contribution in [0, 0.1) is 0 Å². The first-order valence-corrected chi connectivity index (χ1v) is 15.1. The molecule has 6 rings (SSSR count). The summed E-state index contributed by atoms with van der Waals surface area (Å²) in [6, 6.07) is 15.7. The molecule has 150 valence electrons. The molecular weight excluding hydrogens is 402 g/mol. The van der Waals surface area contributed by atoms with E-state index in [4.69, 9.17) is 9.97 Å². The van der Waals surface area contributed by atoms with Gasteiger partial charge in [0.05, 0.1) is 18.5 Å². The predicted octanol–water partition coefficient (Wildman–Crippen LogP) is 6.35. The van der Waals surface area contributed by atoms with Gasteiger partial charge >= 0.3 is 0 Å². The highest BCUT2D eigenvalue weighted by atomic mass is 32.1. The van der Waals surface area contributed by atoms with E-state index in [2.05, 4.69) is 66.7 Å². The van der Waals surface area contributed by atoms with Crippen molar-refractivity contribution < 1.29 is 0 Å². The quantitative estimate of drug-likeness (QED) is 0.307. The first-order chi connectivity index (χ1) is 14.5. The van der Waals surface area contributed by atoms with Crippen LogP contribution in [0.4, 0.5) is 0 Å². The molecule has 0 spiro atoms. The second kappa shape index (κ2) is 6.50. The molecule has 3 nitrogen and oxygen atoms in total. The lowest BCUT2D eigenvalue weighted by Gasteiger charge is -2.21. The van der Waals surface area contributed by atoms with Gasteiger partial charge in [0.1, 0.15) is 16.2 Å². The van der Waals surface area contributed by atoms with E-state index in [-0.39, 0.29) is 0 Å². The van der Waals surface area contributed by atoms with Gasteiger partial charge < -0.3 is 4.57 Å². The minimum absolute atomic E-state index is 1.09. The van der Waals surface area contributed by atoms with Crippen LogP contribution in [0.1, 0.15) is 18.7 Å². The van der Waals surface area contributed by atoms with E-state index in [9.17, 15) is 0 Å². The van der Waals surface area contributed by atoms with Crippen molar-refractivity contribution >= 4 is 55.8 Å². The Bertz CT molecular complexity index is 1440. The molecule has 1 aliphatic heterocycles. The Balaban J connectivity index is 1.64. The largest absolute Gasteiger partial charge is 0.320 e. The first-order valence-electron chi connectivity index (χ1n) is 10.8. The van der Waals surface area contributed by atoms with E-state index in [1.807, 2.05) is 17.5 Å². The van der Waals surface area contributed by atoms with Crippen molar-refractivity contribution in [3.63, 3.8) is 0 Å². The molecule has 0 saturated carbocycles. The highest BCUT2D eigenvalue weighted by Crippen LogP contribution is 2.40. The van der Waals surface area contributed by atoms with Crippen molar-refractivity contribution in [2.24, 2.45) is 0 Å². The van der Waals surface area contributed by atoms with Crippen molar-refractivity contribution in [2.75, 3.05) is 0 Å². The van der Waals surface area contributed by atoms with E-state index in [0.717, 1.165) is 18.7 Å². The third-order valence-corrected chi connectivity index (χ3v) is 9.59. The fourth-order valence-corrected chi connectivity index (χ4v) is 7.76. The normalized spacial score (nSPS) is 14.6. The van der Waals surface area contributed by atoms with Gasteiger partial charge in [-0.05, 0) is 35.7 Å². The minimum atomic E-state index is -1.51. The highest BCUT2D eigenvalue weighted by molar-refractivity contribution is 7.26. The van der Waals surface area contributed by atoms with Crippen LogP contribution >= 0.6 is 11.3 Å². The maximum Gasteiger partial charge on any atom is 0.124 e. The lowest BCUT2D eigenvalue weighted by atomic mass is 10.0. The van der Waals surface area contributed by atoms with Crippen LogP contribution in [-0.4, -0.2) is 22.6 Å². The molecule has 3 aromatic heterocycles. The SMILES string of the molecule is C[Si](C)(C)c1cc(-c2nccc3c2sc2c3nc3n2CCCC3)cc2ccccc12. The van der Waals surface area contributed by atoms with Crippen LogP contribution in [0.5, 0.6) is 0 Å². The molecule has 0 bridgehead atoms. The Kier molecular flexibility index (Phi) is 3.96. The lowest BCUT2D eigenvalue weighted by Crippen LogP contribution is -2.38. The fourth-order valence-electron chi connectivity index (χ4n) is 4.84. The second-order valence-corrected chi connectivity index (χ2v) is 15.5. The van der Waals surface area contributed by atoms with E-state index >= 15 is 0 Å². The van der Waals surface area contributed by atoms with Gasteiger partial charge in [-0.25, -0.2) is 4.98 Å². The monoisotopic (exact) mass is 427 g/mol. The molecule has 0 fully saturated rings. The van der Waals surface area contributed by atoms with Crippen LogP contribution in [0.15, 0.2) is 48.7 Å². The smallest absolute Gasteiger partial charge is 0.124 e. The van der Waals surface area contributed by atoms with Crippen molar-refractivity contribution in [3.05, 3.63) is 54.5 Å². The standard InChI is InChI=1S/C25H25N3SSi/c1-30(2,3)20-15-17(14-16-8-4-5-9-18(16)20)22-24-19(11-12-26-22)23-25(29-24)28-13-7-6-10-21(28)27-23/h4-5,8-9,11-12,14-15H,6-7,10,13H2,1-3H3. The molecule has 0 radical (unpaired) electrons. The summed E-state index contributed by atoms with van der Waals surface area (Å²) in [5.41, 5.74) is 3.51. The summed E-state index contributed by atoms with van der Waals surface area (Å²) in [6.07, 6.45) is 5.57. The number of imidazole rings is 1. The number of fused-ring (bicyclic) bond motifs is 6. The summed E-state index contributed by atoms with van der Waals surface area (Å²) in [4.78, 5) is 11.2. The van der Waals surface area contributed by atoms with Crippen LogP contribution < -0.4 is 5.19 Å². The molecule has 0 saturated heterocycles. The second-order valence-electron chi connectivity index (χ2n) is 9.42. The topological polar surface area (TPSA) is 30.7 Å². The molecule has 30 heavy (non-hydrogen) atoms. The van der Waals surface area contributed by atoms with Crippen LogP contribution in [0.3, 0.4) is 0 Å². The zero-order valence-corrected chi connectivity index (χ0v) is 19.5. The van der Waals surface area contributed by atoms with Gasteiger partial charge in [-0.3, -0.25) is 4.98 Å². The number of pyridine rings is 1. The molecule has 0 amide bonds. The number of hydrogen-bond acceptors (Lipinski definition) is 3. The van der Waals surface area contributed by atoms with Gasteiger partial charge in [0.15, 0.2) is 0 Å². The summed E-state index contributed by atoms with van der Waals surface area (Å²) < 4.78 is 3.72. The number of thiophene rings is 1. The van der Waals surface area contributed by atoms with Crippen molar-refractivity contribution in [3.8, 4) is 11.3 Å². The minimum Gasteiger partial charge on any atom is -0.320 e. The zero-order chi connectivity index (χ0) is 20.5. The molecule has 0 atom stereocenters. The van der Waals surface area contributed by atoms with Crippen molar-refractivity contribution in [1.29, 1.82) is 0 Å². The molecule has 5 heteroatoms. The third kappa shape index (κ3) is 2.68. The van der Waals surface area contributed by atoms with Gasteiger partial charge in [-0.2, -0.15) is 0 Å². The lowest BCUT2D eigenvalue weighted by molar-refractivity contribution is 0.534. The van der Waals surface area contributed by atoms with Crippen LogP contribution in [0.25, 0.3) is 42.5 Å². The van der Waals surface area contributed by atoms with Gasteiger partial charge in [0, 0.05) is 30.1 Å². The summed E-state index contributed by atoms with van der Waals surface area (Å²) in [6.45, 7) is 8.38. The number of aromatic nitrogens is 3. The Morgan fingerprint density at radius 2 is 1.87 bits per heavy atom. The zero-order valence-electron chi connectivity index (χ0n) is 17.7. The number of nitrogens with zero attached hydrogens (tertiary/aromatic N) is 3. The molecule has 4 heterocycles. The molecule has 0 unspecified atom stereocenters. The fraction of sp³-hybridized carbons (Fsp3) is 0.280. The van der Waals surface area contributed by atoms with E-state index < -0.39 is 8.07 Å². The van der Waals surface area contributed by atoms with Crippen LogP contribution in [0.2, 0.25) is 19.6 Å². The maximum absolute atomic E-state index is 5.04. The third-order valence-electron chi connectivity index (χ3n) is 6.33. The molecule has 0 aliphatic carbocycles. The average Bonchev–Trinajstić information content (AvgIpc) is 3.28. The van der Waals surface area contributed by atoms with Gasteiger partial charge in [-0.15, -0.1) is 11.3 Å². The Labute approximate surface area is 181 Å². The summed E-state index contributed by atoms with van der Waals surface area (Å²) >= 11 is 1.87. The average molecular weight is 428 g/mol. The summed E-state index contributed by atoms with van der Waals surface area (Å²) in [5.74, 6) is 1.26. The molecule has 0 N–H and O–H groups in total. The number of aryl methyl sites for hydroxylation is 2. The van der Waals surface area contributed by atoms with E-state index in [0.29, 0.717) is 0 Å². The summed E-state index contributed by atoms with van der Waals surface area (Å²) in [5, 5.41) is 5.47. The number of benzene rings is 2. The van der Waals surface area contributed by atoms with Gasteiger partial charge in [0.25, 0.3) is 0 Å². The molecular formula is C25H25N3SSi. The highest BCUT2D eigenvalue weighted by Gasteiger charge is 2.23.